The molecule has 0 aromatic heterocycles. The van der Waals surface area contributed by atoms with Crippen molar-refractivity contribution in [1.29, 1.82) is 0 Å². The van der Waals surface area contributed by atoms with E-state index in [-0.39, 0.29) is 42.2 Å². The molecule has 37 heavy (non-hydrogen) atoms. The summed E-state index contributed by atoms with van der Waals surface area (Å²) in [6.45, 7) is 0. The standard InChI is InChI=1S/C29H27Cl2F3N2O/c30-21-9-4-17(5-10-21)28(18-6-11-22(31)12-7-18)19-8-13-25-24(14-19)26(16-27(37)36-25)35-23-3-1-2-20(15-23)29(32,33)34/h1-7,9-12,15,19,24-26,28,35H,8,13-14,16H2,(H,36,37). The third-order valence-electron chi connectivity index (χ3n) is 7.68. The van der Waals surface area contributed by atoms with Gasteiger partial charge in [0.2, 0.25) is 5.91 Å². The van der Waals surface area contributed by atoms with E-state index in [0.717, 1.165) is 42.5 Å². The molecule has 2 aliphatic rings. The summed E-state index contributed by atoms with van der Waals surface area (Å²) in [6.07, 6.45) is -1.67. The SMILES string of the molecule is O=C1CC(Nc2cccc(C(F)(F)F)c2)C2CC(C(c3ccc(Cl)cc3)c3ccc(Cl)cc3)CCC2N1. The number of hydrogen-bond acceptors (Lipinski definition) is 2. The van der Waals surface area contributed by atoms with Gasteiger partial charge in [0.25, 0.3) is 0 Å². The van der Waals surface area contributed by atoms with E-state index in [1.54, 1.807) is 6.07 Å². The van der Waals surface area contributed by atoms with Gasteiger partial charge in [-0.05, 0) is 78.8 Å². The number of carbonyl (C=O) groups is 1. The molecule has 1 saturated carbocycles. The van der Waals surface area contributed by atoms with E-state index in [4.69, 9.17) is 23.2 Å². The molecule has 1 saturated heterocycles. The summed E-state index contributed by atoms with van der Waals surface area (Å²) in [5.74, 6) is 0.371. The highest BCUT2D eigenvalue weighted by Crippen LogP contribution is 2.45. The van der Waals surface area contributed by atoms with Crippen LogP contribution in [0.15, 0.2) is 72.8 Å². The summed E-state index contributed by atoms with van der Waals surface area (Å²) >= 11 is 12.3. The number of benzene rings is 3. The monoisotopic (exact) mass is 546 g/mol. The number of carbonyl (C=O) groups excluding carboxylic acids is 1. The zero-order valence-electron chi connectivity index (χ0n) is 19.9. The summed E-state index contributed by atoms with van der Waals surface area (Å²) in [5, 5.41) is 7.75. The fraction of sp³-hybridized carbons (Fsp3) is 0.345. The Kier molecular flexibility index (Phi) is 7.42. The number of piperidine rings is 1. The fourth-order valence-electron chi connectivity index (χ4n) is 6.02. The average molecular weight is 547 g/mol. The Balaban J connectivity index is 1.43. The van der Waals surface area contributed by atoms with Crippen LogP contribution in [0.4, 0.5) is 18.9 Å². The molecule has 2 fully saturated rings. The number of alkyl halides is 3. The normalized spacial score (nSPS) is 23.9. The molecule has 1 aliphatic heterocycles. The van der Waals surface area contributed by atoms with Crippen LogP contribution in [-0.4, -0.2) is 18.0 Å². The van der Waals surface area contributed by atoms with Crippen molar-refractivity contribution in [1.82, 2.24) is 5.32 Å². The van der Waals surface area contributed by atoms with E-state index in [1.807, 2.05) is 24.3 Å². The topological polar surface area (TPSA) is 41.1 Å². The van der Waals surface area contributed by atoms with Gasteiger partial charge in [0.15, 0.2) is 0 Å². The summed E-state index contributed by atoms with van der Waals surface area (Å²) in [6, 6.07) is 20.7. The van der Waals surface area contributed by atoms with Gasteiger partial charge in [0.05, 0.1) is 5.56 Å². The molecular formula is C29H27Cl2F3N2O. The minimum Gasteiger partial charge on any atom is -0.381 e. The van der Waals surface area contributed by atoms with Gasteiger partial charge in [0.1, 0.15) is 0 Å². The first-order valence-electron chi connectivity index (χ1n) is 12.4. The van der Waals surface area contributed by atoms with Crippen LogP contribution >= 0.6 is 23.2 Å². The van der Waals surface area contributed by atoms with E-state index in [9.17, 15) is 18.0 Å². The second-order valence-electron chi connectivity index (χ2n) is 10.0. The van der Waals surface area contributed by atoms with Crippen molar-refractivity contribution in [2.45, 2.75) is 49.9 Å². The molecule has 5 rings (SSSR count). The predicted molar refractivity (Wildman–Crippen MR) is 141 cm³/mol. The van der Waals surface area contributed by atoms with Gasteiger partial charge >= 0.3 is 6.18 Å². The number of nitrogens with one attached hydrogen (secondary N) is 2. The third kappa shape index (κ3) is 5.91. The summed E-state index contributed by atoms with van der Waals surface area (Å²) in [5.41, 5.74) is 1.97. The van der Waals surface area contributed by atoms with Gasteiger partial charge < -0.3 is 10.6 Å². The largest absolute Gasteiger partial charge is 0.416 e. The Morgan fingerprint density at radius 2 is 1.51 bits per heavy atom. The lowest BCUT2D eigenvalue weighted by Crippen LogP contribution is -2.56. The molecule has 0 radical (unpaired) electrons. The molecule has 0 spiro atoms. The Bertz CT molecular complexity index is 1200. The molecule has 1 amide bonds. The molecule has 2 N–H and O–H groups in total. The van der Waals surface area contributed by atoms with Crippen molar-refractivity contribution in [3.05, 3.63) is 99.5 Å². The molecule has 3 nitrogen and oxygen atoms in total. The van der Waals surface area contributed by atoms with Gasteiger partial charge in [-0.3, -0.25) is 4.79 Å². The highest BCUT2D eigenvalue weighted by molar-refractivity contribution is 6.30. The van der Waals surface area contributed by atoms with Crippen LogP contribution in [-0.2, 0) is 11.0 Å². The first-order valence-corrected chi connectivity index (χ1v) is 13.2. The lowest BCUT2D eigenvalue weighted by Gasteiger charge is -2.46. The van der Waals surface area contributed by atoms with Crippen molar-refractivity contribution in [3.8, 4) is 0 Å². The minimum absolute atomic E-state index is 0.0168. The second kappa shape index (κ2) is 10.6. The summed E-state index contributed by atoms with van der Waals surface area (Å²) in [4.78, 5) is 12.5. The smallest absolute Gasteiger partial charge is 0.381 e. The first kappa shape index (κ1) is 25.9. The number of fused-ring (bicyclic) bond motifs is 1. The number of anilines is 1. The molecular weight excluding hydrogens is 520 g/mol. The number of halogens is 5. The highest BCUT2D eigenvalue weighted by atomic mass is 35.5. The molecule has 8 heteroatoms. The summed E-state index contributed by atoms with van der Waals surface area (Å²) in [7, 11) is 0. The second-order valence-corrected chi connectivity index (χ2v) is 10.9. The quantitative estimate of drug-likeness (QED) is 0.341. The maximum Gasteiger partial charge on any atom is 0.416 e. The van der Waals surface area contributed by atoms with Crippen molar-refractivity contribution in [2.24, 2.45) is 11.8 Å². The van der Waals surface area contributed by atoms with Crippen LogP contribution in [0.2, 0.25) is 10.0 Å². The van der Waals surface area contributed by atoms with Gasteiger partial charge in [-0.15, -0.1) is 0 Å². The first-order chi connectivity index (χ1) is 17.7. The maximum absolute atomic E-state index is 13.3. The lowest BCUT2D eigenvalue weighted by molar-refractivity contribution is -0.137. The van der Waals surface area contributed by atoms with Crippen molar-refractivity contribution in [3.63, 3.8) is 0 Å². The maximum atomic E-state index is 13.3. The van der Waals surface area contributed by atoms with Crippen LogP contribution in [0.1, 0.15) is 48.3 Å². The zero-order valence-corrected chi connectivity index (χ0v) is 21.5. The molecule has 0 bridgehead atoms. The number of amides is 1. The van der Waals surface area contributed by atoms with E-state index >= 15 is 0 Å². The van der Waals surface area contributed by atoms with Crippen LogP contribution in [0.5, 0.6) is 0 Å². The minimum atomic E-state index is -4.43. The molecule has 4 unspecified atom stereocenters. The van der Waals surface area contributed by atoms with Crippen molar-refractivity contribution in [2.75, 3.05) is 5.32 Å². The summed E-state index contributed by atoms with van der Waals surface area (Å²) < 4.78 is 39.8. The molecule has 1 heterocycles. The van der Waals surface area contributed by atoms with Crippen molar-refractivity contribution < 1.29 is 18.0 Å². The van der Waals surface area contributed by atoms with Crippen LogP contribution < -0.4 is 10.6 Å². The third-order valence-corrected chi connectivity index (χ3v) is 8.18. The number of hydrogen-bond donors (Lipinski definition) is 2. The van der Waals surface area contributed by atoms with Crippen LogP contribution in [0.3, 0.4) is 0 Å². The Morgan fingerprint density at radius 3 is 2.11 bits per heavy atom. The highest BCUT2D eigenvalue weighted by Gasteiger charge is 2.43. The molecule has 194 valence electrons. The van der Waals surface area contributed by atoms with Gasteiger partial charge in [-0.2, -0.15) is 13.2 Å². The van der Waals surface area contributed by atoms with Crippen LogP contribution in [0, 0.1) is 11.8 Å². The Labute approximate surface area is 224 Å². The average Bonchev–Trinajstić information content (AvgIpc) is 2.86. The van der Waals surface area contributed by atoms with E-state index in [2.05, 4.69) is 34.9 Å². The lowest BCUT2D eigenvalue weighted by atomic mass is 9.65. The molecule has 3 aromatic carbocycles. The fourth-order valence-corrected chi connectivity index (χ4v) is 6.27. The van der Waals surface area contributed by atoms with Gasteiger partial charge in [-0.25, -0.2) is 0 Å². The predicted octanol–water partition coefficient (Wildman–Crippen LogP) is 7.93. The Morgan fingerprint density at radius 1 is 0.892 bits per heavy atom. The van der Waals surface area contributed by atoms with E-state index in [1.165, 1.54) is 6.07 Å². The zero-order chi connectivity index (χ0) is 26.2. The Hall–Kier alpha value is -2.70. The molecule has 1 aliphatic carbocycles. The molecule has 3 aromatic rings. The van der Waals surface area contributed by atoms with Crippen molar-refractivity contribution >= 4 is 34.8 Å². The van der Waals surface area contributed by atoms with E-state index in [0.29, 0.717) is 15.7 Å². The van der Waals surface area contributed by atoms with Gasteiger partial charge in [0, 0.05) is 46.1 Å². The van der Waals surface area contributed by atoms with E-state index < -0.39 is 11.7 Å². The van der Waals surface area contributed by atoms with Crippen LogP contribution in [0.25, 0.3) is 0 Å². The van der Waals surface area contributed by atoms with Gasteiger partial charge in [-0.1, -0.05) is 53.5 Å². The number of rotatable bonds is 5. The molecule has 4 atom stereocenters.